The third-order valence-electron chi connectivity index (χ3n) is 3.84. The van der Waals surface area contributed by atoms with Gasteiger partial charge in [0.05, 0.1) is 20.2 Å². The predicted molar refractivity (Wildman–Crippen MR) is 120 cm³/mol. The van der Waals surface area contributed by atoms with Crippen molar-refractivity contribution < 1.29 is 14.0 Å². The molecule has 2 aromatic rings. The van der Waals surface area contributed by atoms with Crippen molar-refractivity contribution in [3.8, 4) is 11.5 Å². The molecule has 0 bridgehead atoms. The summed E-state index contributed by atoms with van der Waals surface area (Å²) in [6, 6.07) is 7.51. The number of aliphatic imine (C=N–C) groups is 1. The summed E-state index contributed by atoms with van der Waals surface area (Å²) in [7, 11) is 5.32. The molecule has 0 saturated heterocycles. The summed E-state index contributed by atoms with van der Waals surface area (Å²) in [6.07, 6.45) is 0. The second-order valence-corrected chi connectivity index (χ2v) is 7.11. The van der Waals surface area contributed by atoms with Gasteiger partial charge in [0.15, 0.2) is 11.8 Å². The van der Waals surface area contributed by atoms with E-state index in [1.165, 1.54) is 0 Å². The molecule has 0 aliphatic carbocycles. The van der Waals surface area contributed by atoms with Crippen molar-refractivity contribution in [3.05, 3.63) is 36.0 Å². The van der Waals surface area contributed by atoms with Crippen LogP contribution in [0.1, 0.15) is 32.5 Å². The van der Waals surface area contributed by atoms with Crippen LogP contribution in [0.5, 0.6) is 11.5 Å². The Hall–Kier alpha value is -2.04. The number of aromatic nitrogens is 2. The average molecular weight is 503 g/mol. The standard InChI is InChI=1S/C19H29N5O3.HI/c1-19(2,3)17-22-16(23-27-17)13-21-18(20-4)24(5)11-12-26-15-9-7-14(25-6)8-10-15;/h7-10H,11-13H2,1-6H3,(H,20,21);1H. The molecular formula is C19H30IN5O3. The Balaban J connectivity index is 0.00000392. The topological polar surface area (TPSA) is 85.0 Å². The quantitative estimate of drug-likeness (QED) is 0.353. The van der Waals surface area contributed by atoms with Crippen molar-refractivity contribution in [2.24, 2.45) is 4.99 Å². The second-order valence-electron chi connectivity index (χ2n) is 7.11. The van der Waals surface area contributed by atoms with Gasteiger partial charge in [-0.2, -0.15) is 4.98 Å². The normalized spacial score (nSPS) is 11.6. The van der Waals surface area contributed by atoms with Crippen LogP contribution in [0.4, 0.5) is 0 Å². The molecule has 1 aromatic carbocycles. The van der Waals surface area contributed by atoms with E-state index in [1.807, 2.05) is 57.0 Å². The van der Waals surface area contributed by atoms with Crippen LogP contribution in [-0.4, -0.2) is 55.4 Å². The molecule has 0 radical (unpaired) electrons. The molecule has 0 amide bonds. The second kappa shape index (κ2) is 11.1. The number of guanidine groups is 1. The molecule has 1 heterocycles. The molecule has 0 saturated carbocycles. The molecule has 9 heteroatoms. The van der Waals surface area contributed by atoms with Gasteiger partial charge in [-0.05, 0) is 24.3 Å². The molecule has 0 fully saturated rings. The zero-order chi connectivity index (χ0) is 19.9. The number of hydrogen-bond acceptors (Lipinski definition) is 6. The number of nitrogens with one attached hydrogen (secondary N) is 1. The number of methoxy groups -OCH3 is 1. The Morgan fingerprint density at radius 1 is 1.21 bits per heavy atom. The van der Waals surface area contributed by atoms with Crippen LogP contribution < -0.4 is 14.8 Å². The van der Waals surface area contributed by atoms with E-state index in [9.17, 15) is 0 Å². The number of rotatable bonds is 7. The van der Waals surface area contributed by atoms with Gasteiger partial charge in [-0.3, -0.25) is 4.99 Å². The number of ether oxygens (including phenoxy) is 2. The summed E-state index contributed by atoms with van der Waals surface area (Å²) in [5, 5.41) is 7.24. The summed E-state index contributed by atoms with van der Waals surface area (Å²) in [6.45, 7) is 7.74. The Labute approximate surface area is 183 Å². The highest BCUT2D eigenvalue weighted by Crippen LogP contribution is 2.19. The van der Waals surface area contributed by atoms with Gasteiger partial charge in [-0.25, -0.2) is 0 Å². The van der Waals surface area contributed by atoms with Crippen LogP contribution >= 0.6 is 24.0 Å². The molecule has 2 rings (SSSR count). The Morgan fingerprint density at radius 3 is 2.39 bits per heavy atom. The van der Waals surface area contributed by atoms with Crippen molar-refractivity contribution in [2.75, 3.05) is 34.4 Å². The van der Waals surface area contributed by atoms with E-state index in [-0.39, 0.29) is 29.4 Å². The molecule has 0 atom stereocenters. The smallest absolute Gasteiger partial charge is 0.232 e. The molecule has 0 spiro atoms. The Bertz CT molecular complexity index is 741. The third-order valence-corrected chi connectivity index (χ3v) is 3.84. The zero-order valence-corrected chi connectivity index (χ0v) is 19.7. The summed E-state index contributed by atoms with van der Waals surface area (Å²) in [4.78, 5) is 10.7. The molecular weight excluding hydrogens is 473 g/mol. The van der Waals surface area contributed by atoms with E-state index in [2.05, 4.69) is 20.4 Å². The van der Waals surface area contributed by atoms with E-state index in [1.54, 1.807) is 14.2 Å². The molecule has 0 aliphatic rings. The van der Waals surface area contributed by atoms with E-state index in [4.69, 9.17) is 14.0 Å². The van der Waals surface area contributed by atoms with Gasteiger partial charge in [0.2, 0.25) is 5.89 Å². The predicted octanol–water partition coefficient (Wildman–Crippen LogP) is 3.08. The molecule has 0 aliphatic heterocycles. The van der Waals surface area contributed by atoms with Gasteiger partial charge in [-0.1, -0.05) is 25.9 Å². The first-order valence-corrected chi connectivity index (χ1v) is 8.85. The fourth-order valence-corrected chi connectivity index (χ4v) is 2.25. The maximum Gasteiger partial charge on any atom is 0.232 e. The van der Waals surface area contributed by atoms with Gasteiger partial charge >= 0.3 is 0 Å². The van der Waals surface area contributed by atoms with E-state index < -0.39 is 0 Å². The maximum atomic E-state index is 5.75. The highest BCUT2D eigenvalue weighted by Gasteiger charge is 2.21. The first-order valence-electron chi connectivity index (χ1n) is 8.85. The van der Waals surface area contributed by atoms with Crippen molar-refractivity contribution in [1.29, 1.82) is 0 Å². The number of nitrogens with zero attached hydrogens (tertiary/aromatic N) is 4. The van der Waals surface area contributed by atoms with E-state index in [0.29, 0.717) is 31.4 Å². The fraction of sp³-hybridized carbons (Fsp3) is 0.526. The average Bonchev–Trinajstić information content (AvgIpc) is 3.12. The Morgan fingerprint density at radius 2 is 1.86 bits per heavy atom. The van der Waals surface area contributed by atoms with Crippen molar-refractivity contribution in [1.82, 2.24) is 20.4 Å². The number of benzene rings is 1. The first-order chi connectivity index (χ1) is 12.8. The molecule has 8 nitrogen and oxygen atoms in total. The first kappa shape index (κ1) is 24.0. The maximum absolute atomic E-state index is 5.75. The highest BCUT2D eigenvalue weighted by molar-refractivity contribution is 14.0. The van der Waals surface area contributed by atoms with Crippen LogP contribution in [0.15, 0.2) is 33.8 Å². The van der Waals surface area contributed by atoms with E-state index >= 15 is 0 Å². The largest absolute Gasteiger partial charge is 0.497 e. The summed E-state index contributed by atoms with van der Waals surface area (Å²) in [5.41, 5.74) is -0.164. The van der Waals surface area contributed by atoms with Crippen molar-refractivity contribution in [3.63, 3.8) is 0 Å². The van der Waals surface area contributed by atoms with E-state index in [0.717, 1.165) is 17.5 Å². The lowest BCUT2D eigenvalue weighted by Crippen LogP contribution is -2.40. The zero-order valence-electron chi connectivity index (χ0n) is 17.4. The van der Waals surface area contributed by atoms with Crippen LogP contribution in [0.25, 0.3) is 0 Å². The lowest BCUT2D eigenvalue weighted by molar-refractivity contribution is 0.280. The minimum absolute atomic E-state index is 0. The molecule has 1 aromatic heterocycles. The Kier molecular flexibility index (Phi) is 9.50. The number of halogens is 1. The minimum atomic E-state index is -0.164. The monoisotopic (exact) mass is 503 g/mol. The van der Waals surface area contributed by atoms with Crippen molar-refractivity contribution in [2.45, 2.75) is 32.7 Å². The van der Waals surface area contributed by atoms with Gasteiger partial charge in [0, 0.05) is 19.5 Å². The highest BCUT2D eigenvalue weighted by atomic mass is 127. The van der Waals surface area contributed by atoms with Gasteiger partial charge in [-0.15, -0.1) is 24.0 Å². The van der Waals surface area contributed by atoms with Gasteiger partial charge < -0.3 is 24.2 Å². The fourth-order valence-electron chi connectivity index (χ4n) is 2.25. The van der Waals surface area contributed by atoms with Gasteiger partial charge in [0.25, 0.3) is 0 Å². The van der Waals surface area contributed by atoms with Crippen LogP contribution in [0, 0.1) is 0 Å². The SMILES string of the molecule is CN=C(NCc1noc(C(C)(C)C)n1)N(C)CCOc1ccc(OC)cc1.I. The lowest BCUT2D eigenvalue weighted by atomic mass is 9.97. The van der Waals surface area contributed by atoms with Crippen LogP contribution in [0.2, 0.25) is 0 Å². The van der Waals surface area contributed by atoms with Crippen LogP contribution in [-0.2, 0) is 12.0 Å². The number of likely N-dealkylation sites (N-methyl/N-ethyl adjacent to an activating group) is 1. The summed E-state index contributed by atoms with van der Waals surface area (Å²) < 4.78 is 16.2. The van der Waals surface area contributed by atoms with Gasteiger partial charge in [0.1, 0.15) is 18.1 Å². The lowest BCUT2D eigenvalue weighted by Gasteiger charge is -2.21. The molecule has 28 heavy (non-hydrogen) atoms. The van der Waals surface area contributed by atoms with Crippen molar-refractivity contribution >= 4 is 29.9 Å². The summed E-state index contributed by atoms with van der Waals surface area (Å²) in [5.74, 6) is 3.56. The molecule has 156 valence electrons. The number of hydrogen-bond donors (Lipinski definition) is 1. The van der Waals surface area contributed by atoms with Crippen LogP contribution in [0.3, 0.4) is 0 Å². The molecule has 1 N–H and O–H groups in total. The molecule has 0 unspecified atom stereocenters. The summed E-state index contributed by atoms with van der Waals surface area (Å²) >= 11 is 0. The minimum Gasteiger partial charge on any atom is -0.497 e. The third kappa shape index (κ3) is 7.17.